The highest BCUT2D eigenvalue weighted by molar-refractivity contribution is 5.98. The van der Waals surface area contributed by atoms with E-state index in [4.69, 9.17) is 0 Å². The number of pyridine rings is 2. The Bertz CT molecular complexity index is 769. The van der Waals surface area contributed by atoms with E-state index < -0.39 is 0 Å². The normalized spacial score (nSPS) is 10.9. The first-order valence-electron chi connectivity index (χ1n) is 6.76. The summed E-state index contributed by atoms with van der Waals surface area (Å²) in [6.07, 6.45) is 6.30. The molecule has 0 bridgehead atoms. The molecule has 0 atom stereocenters. The molecule has 20 heavy (non-hydrogen) atoms. The van der Waals surface area contributed by atoms with Crippen LogP contribution in [0.25, 0.3) is 16.8 Å². The third kappa shape index (κ3) is 2.11. The predicted octanol–water partition coefficient (Wildman–Crippen LogP) is 3.90. The van der Waals surface area contributed by atoms with Crippen molar-refractivity contribution in [3.8, 4) is 11.3 Å². The van der Waals surface area contributed by atoms with E-state index in [1.165, 1.54) is 0 Å². The van der Waals surface area contributed by atoms with Gasteiger partial charge >= 0.3 is 0 Å². The Morgan fingerprint density at radius 3 is 2.70 bits per heavy atom. The van der Waals surface area contributed by atoms with E-state index in [2.05, 4.69) is 4.98 Å². The zero-order chi connectivity index (χ0) is 14.1. The van der Waals surface area contributed by atoms with E-state index in [9.17, 15) is 4.79 Å². The van der Waals surface area contributed by atoms with Gasteiger partial charge in [0.1, 0.15) is 0 Å². The van der Waals surface area contributed by atoms with E-state index >= 15 is 0 Å². The Balaban J connectivity index is 2.16. The van der Waals surface area contributed by atoms with Gasteiger partial charge in [-0.2, -0.15) is 0 Å². The van der Waals surface area contributed by atoms with Gasteiger partial charge in [-0.15, -0.1) is 0 Å². The molecule has 3 aromatic heterocycles. The maximum Gasteiger partial charge on any atom is 0.162 e. The van der Waals surface area contributed by atoms with Crippen LogP contribution >= 0.6 is 0 Å². The fourth-order valence-corrected chi connectivity index (χ4v) is 2.32. The minimum Gasteiger partial charge on any atom is -0.323 e. The average molecular weight is 264 g/mol. The van der Waals surface area contributed by atoms with E-state index in [0.29, 0.717) is 6.42 Å². The Morgan fingerprint density at radius 1 is 1.20 bits per heavy atom. The number of rotatable bonds is 3. The number of Topliss-reactive ketones (excluding diaryl/α,β-unsaturated/α-hetero) is 1. The van der Waals surface area contributed by atoms with E-state index in [1.807, 2.05) is 67.2 Å². The molecule has 0 amide bonds. The molecule has 0 aromatic carbocycles. The maximum absolute atomic E-state index is 11.8. The van der Waals surface area contributed by atoms with Gasteiger partial charge < -0.3 is 4.40 Å². The molecular formula is C17H16N2O. The minimum absolute atomic E-state index is 0.163. The van der Waals surface area contributed by atoms with Gasteiger partial charge in [-0.3, -0.25) is 9.78 Å². The zero-order valence-electron chi connectivity index (χ0n) is 11.6. The lowest BCUT2D eigenvalue weighted by atomic mass is 10.1. The monoisotopic (exact) mass is 264 g/mol. The quantitative estimate of drug-likeness (QED) is 0.672. The van der Waals surface area contributed by atoms with Crippen LogP contribution in [0.3, 0.4) is 0 Å². The minimum atomic E-state index is 0.163. The van der Waals surface area contributed by atoms with Gasteiger partial charge in [0.25, 0.3) is 0 Å². The lowest BCUT2D eigenvalue weighted by Crippen LogP contribution is -1.97. The molecule has 0 saturated heterocycles. The van der Waals surface area contributed by atoms with Crippen molar-refractivity contribution in [3.63, 3.8) is 0 Å². The largest absolute Gasteiger partial charge is 0.323 e. The Kier molecular flexibility index (Phi) is 3.11. The summed E-state index contributed by atoms with van der Waals surface area (Å²) in [5.74, 6) is 0.163. The van der Waals surface area contributed by atoms with Crippen molar-refractivity contribution < 1.29 is 4.79 Å². The molecule has 100 valence electrons. The van der Waals surface area contributed by atoms with Crippen molar-refractivity contribution in [1.29, 1.82) is 0 Å². The van der Waals surface area contributed by atoms with Crippen LogP contribution in [0.2, 0.25) is 0 Å². The Labute approximate surface area is 117 Å². The third-order valence-electron chi connectivity index (χ3n) is 3.49. The van der Waals surface area contributed by atoms with Crippen molar-refractivity contribution in [2.75, 3.05) is 0 Å². The van der Waals surface area contributed by atoms with Gasteiger partial charge in [-0.25, -0.2) is 0 Å². The summed E-state index contributed by atoms with van der Waals surface area (Å²) in [6.45, 7) is 3.90. The summed E-state index contributed by atoms with van der Waals surface area (Å²) in [5.41, 5.74) is 4.89. The summed E-state index contributed by atoms with van der Waals surface area (Å²) < 4.78 is 2.02. The number of hydrogen-bond donors (Lipinski definition) is 0. The number of fused-ring (bicyclic) bond motifs is 1. The summed E-state index contributed by atoms with van der Waals surface area (Å²) in [4.78, 5) is 16.3. The van der Waals surface area contributed by atoms with Crippen LogP contribution in [-0.2, 0) is 0 Å². The Morgan fingerprint density at radius 2 is 2.00 bits per heavy atom. The van der Waals surface area contributed by atoms with Crippen LogP contribution in [0.5, 0.6) is 0 Å². The van der Waals surface area contributed by atoms with Gasteiger partial charge in [-0.05, 0) is 36.8 Å². The van der Waals surface area contributed by atoms with Crippen molar-refractivity contribution in [1.82, 2.24) is 9.38 Å². The lowest BCUT2D eigenvalue weighted by molar-refractivity contribution is 0.0988. The molecule has 0 fully saturated rings. The topological polar surface area (TPSA) is 34.4 Å². The van der Waals surface area contributed by atoms with Crippen molar-refractivity contribution in [2.24, 2.45) is 0 Å². The van der Waals surface area contributed by atoms with Crippen molar-refractivity contribution in [3.05, 3.63) is 60.0 Å². The van der Waals surface area contributed by atoms with Crippen LogP contribution in [0.1, 0.15) is 29.3 Å². The summed E-state index contributed by atoms with van der Waals surface area (Å²) >= 11 is 0. The molecule has 3 heteroatoms. The second-order valence-electron chi connectivity index (χ2n) is 4.93. The number of aryl methyl sites for hydroxylation is 1. The van der Waals surface area contributed by atoms with Crippen LogP contribution in [0, 0.1) is 6.92 Å². The van der Waals surface area contributed by atoms with E-state index in [1.54, 1.807) is 0 Å². The number of carbonyl (C=O) groups is 1. The Hall–Kier alpha value is -2.42. The molecule has 3 aromatic rings. The molecule has 3 rings (SSSR count). The van der Waals surface area contributed by atoms with Crippen LogP contribution < -0.4 is 0 Å². The highest BCUT2D eigenvalue weighted by Crippen LogP contribution is 2.25. The molecule has 0 aliphatic heterocycles. The van der Waals surface area contributed by atoms with E-state index in [-0.39, 0.29) is 5.78 Å². The maximum atomic E-state index is 11.8. The third-order valence-corrected chi connectivity index (χ3v) is 3.49. The highest BCUT2D eigenvalue weighted by atomic mass is 16.1. The fraction of sp³-hybridized carbons (Fsp3) is 0.176. The second kappa shape index (κ2) is 4.93. The van der Waals surface area contributed by atoms with Gasteiger partial charge in [-0.1, -0.05) is 13.0 Å². The molecule has 0 unspecified atom stereocenters. The van der Waals surface area contributed by atoms with Crippen molar-refractivity contribution in [2.45, 2.75) is 20.3 Å². The molecule has 3 nitrogen and oxygen atoms in total. The first-order chi connectivity index (χ1) is 9.69. The molecule has 0 N–H and O–H groups in total. The molecule has 0 radical (unpaired) electrons. The molecule has 0 aliphatic carbocycles. The number of nitrogens with zero attached hydrogens (tertiary/aromatic N) is 2. The SMILES string of the molecule is CCC(=O)c1ccn2ccc(-c3ccc(C)cn3)c2c1. The van der Waals surface area contributed by atoms with E-state index in [0.717, 1.165) is 27.9 Å². The first kappa shape index (κ1) is 12.6. The van der Waals surface area contributed by atoms with Crippen molar-refractivity contribution >= 4 is 11.3 Å². The van der Waals surface area contributed by atoms with Gasteiger partial charge in [0.05, 0.1) is 11.2 Å². The van der Waals surface area contributed by atoms with Crippen LogP contribution in [-0.4, -0.2) is 15.2 Å². The summed E-state index contributed by atoms with van der Waals surface area (Å²) in [5, 5.41) is 0. The second-order valence-corrected chi connectivity index (χ2v) is 4.93. The van der Waals surface area contributed by atoms with Gasteiger partial charge in [0.15, 0.2) is 5.78 Å². The molecule has 3 heterocycles. The fourth-order valence-electron chi connectivity index (χ4n) is 2.32. The smallest absolute Gasteiger partial charge is 0.162 e. The highest BCUT2D eigenvalue weighted by Gasteiger charge is 2.09. The molecule has 0 spiro atoms. The summed E-state index contributed by atoms with van der Waals surface area (Å²) in [6, 6.07) is 9.91. The predicted molar refractivity (Wildman–Crippen MR) is 80.0 cm³/mol. The average Bonchev–Trinajstić information content (AvgIpc) is 2.90. The molecule has 0 aliphatic rings. The van der Waals surface area contributed by atoms with Gasteiger partial charge in [0.2, 0.25) is 0 Å². The molecule has 0 saturated carbocycles. The number of carbonyl (C=O) groups excluding carboxylic acids is 1. The number of hydrogen-bond acceptors (Lipinski definition) is 2. The number of ketones is 1. The first-order valence-corrected chi connectivity index (χ1v) is 6.76. The van der Waals surface area contributed by atoms with Crippen LogP contribution in [0.4, 0.5) is 0 Å². The van der Waals surface area contributed by atoms with Crippen LogP contribution in [0.15, 0.2) is 48.9 Å². The molecular weight excluding hydrogens is 248 g/mol. The van der Waals surface area contributed by atoms with Gasteiger partial charge in [0, 0.05) is 36.1 Å². The standard InChI is InChI=1S/C17H16N2O/c1-3-17(20)13-6-8-19-9-7-14(16(19)10-13)15-5-4-12(2)11-18-15/h4-11H,3H2,1-2H3. The zero-order valence-corrected chi connectivity index (χ0v) is 11.6. The number of aromatic nitrogens is 2. The summed E-state index contributed by atoms with van der Waals surface area (Å²) in [7, 11) is 0. The lowest BCUT2D eigenvalue weighted by Gasteiger charge is -2.03.